The minimum Gasteiger partial charge on any atom is -0.383 e. The maximum absolute atomic E-state index is 12.4. The molecule has 0 radical (unpaired) electrons. The van der Waals surface area contributed by atoms with E-state index in [9.17, 15) is 10.1 Å². The molecule has 0 spiro atoms. The fraction of sp³-hybridized carbons (Fsp3) is 0.400. The van der Waals surface area contributed by atoms with E-state index in [0.29, 0.717) is 25.3 Å². The minimum absolute atomic E-state index is 0.238. The Morgan fingerprint density at radius 1 is 1.30 bits per heavy atom. The predicted octanol–water partition coefficient (Wildman–Crippen LogP) is 1.68. The van der Waals surface area contributed by atoms with Crippen molar-refractivity contribution in [1.82, 2.24) is 4.90 Å². The lowest BCUT2D eigenvalue weighted by molar-refractivity contribution is -0.132. The minimum atomic E-state index is -0.841. The molecule has 0 aliphatic heterocycles. The van der Waals surface area contributed by atoms with Crippen molar-refractivity contribution in [2.45, 2.75) is 12.3 Å². The van der Waals surface area contributed by atoms with Gasteiger partial charge >= 0.3 is 0 Å². The third kappa shape index (κ3) is 4.38. The van der Waals surface area contributed by atoms with Gasteiger partial charge in [-0.15, -0.1) is 0 Å². The summed E-state index contributed by atoms with van der Waals surface area (Å²) in [7, 11) is 1.55. The zero-order chi connectivity index (χ0) is 14.8. The van der Waals surface area contributed by atoms with Gasteiger partial charge in [0.1, 0.15) is 5.92 Å². The van der Waals surface area contributed by atoms with Crippen molar-refractivity contribution in [2.24, 2.45) is 0 Å². The Bertz CT molecular complexity index is 502. The number of rotatable bonds is 7. The lowest BCUT2D eigenvalue weighted by Crippen LogP contribution is -2.37. The number of hydrogen-bond donors (Lipinski definition) is 0. The van der Waals surface area contributed by atoms with E-state index < -0.39 is 5.92 Å². The maximum Gasteiger partial charge on any atom is 0.244 e. The van der Waals surface area contributed by atoms with Crippen LogP contribution < -0.4 is 0 Å². The Labute approximate surface area is 119 Å². The van der Waals surface area contributed by atoms with Gasteiger partial charge in [0.2, 0.25) is 5.91 Å². The molecule has 104 valence electrons. The van der Waals surface area contributed by atoms with Crippen molar-refractivity contribution in [3.63, 3.8) is 0 Å². The highest BCUT2D eigenvalue weighted by molar-refractivity contribution is 5.86. The summed E-state index contributed by atoms with van der Waals surface area (Å²) in [5, 5.41) is 17.9. The first-order chi connectivity index (χ1) is 9.74. The molecule has 5 nitrogen and oxygen atoms in total. The average Bonchev–Trinajstić information content (AvgIpc) is 2.49. The van der Waals surface area contributed by atoms with Crippen molar-refractivity contribution < 1.29 is 9.53 Å². The average molecular weight is 271 g/mol. The number of methoxy groups -OCH3 is 1. The third-order valence-corrected chi connectivity index (χ3v) is 2.88. The quantitative estimate of drug-likeness (QED) is 0.756. The molecule has 0 fully saturated rings. The number of carbonyl (C=O) groups is 1. The number of carbonyl (C=O) groups excluding carboxylic acids is 1. The van der Waals surface area contributed by atoms with E-state index in [1.165, 1.54) is 4.90 Å². The van der Waals surface area contributed by atoms with Crippen molar-refractivity contribution in [3.05, 3.63) is 35.9 Å². The number of amides is 1. The van der Waals surface area contributed by atoms with E-state index in [-0.39, 0.29) is 12.3 Å². The molecule has 0 aliphatic carbocycles. The number of ether oxygens (including phenoxy) is 1. The second kappa shape index (κ2) is 8.68. The first-order valence-corrected chi connectivity index (χ1v) is 6.33. The van der Waals surface area contributed by atoms with Crippen LogP contribution in [0.4, 0.5) is 0 Å². The fourth-order valence-electron chi connectivity index (χ4n) is 1.82. The van der Waals surface area contributed by atoms with Crippen molar-refractivity contribution in [3.8, 4) is 12.1 Å². The highest BCUT2D eigenvalue weighted by Crippen LogP contribution is 2.17. The molecule has 0 bridgehead atoms. The summed E-state index contributed by atoms with van der Waals surface area (Å²) in [6, 6.07) is 13.0. The van der Waals surface area contributed by atoms with E-state index in [4.69, 9.17) is 10.00 Å². The van der Waals surface area contributed by atoms with E-state index in [1.807, 2.05) is 18.2 Å². The molecule has 0 aromatic heterocycles. The molecule has 0 heterocycles. The Kier molecular flexibility index (Phi) is 6.81. The van der Waals surface area contributed by atoms with Gasteiger partial charge in [0.25, 0.3) is 0 Å². The second-order valence-electron chi connectivity index (χ2n) is 4.20. The normalized spacial score (nSPS) is 11.2. The molecule has 1 amide bonds. The van der Waals surface area contributed by atoms with Gasteiger partial charge in [-0.1, -0.05) is 30.3 Å². The van der Waals surface area contributed by atoms with Gasteiger partial charge in [0.05, 0.1) is 25.2 Å². The maximum atomic E-state index is 12.4. The van der Waals surface area contributed by atoms with Crippen LogP contribution in [0, 0.1) is 22.7 Å². The zero-order valence-corrected chi connectivity index (χ0v) is 11.5. The molecular formula is C15H17N3O2. The standard InChI is InChI=1S/C15H17N3O2/c1-20-11-10-18(9-5-8-16)15(19)14(12-17)13-6-3-2-4-7-13/h2-4,6-7,14H,5,9-11H2,1H3. The Hall–Kier alpha value is -2.37. The molecule has 5 heteroatoms. The lowest BCUT2D eigenvalue weighted by Gasteiger charge is -2.23. The summed E-state index contributed by atoms with van der Waals surface area (Å²) in [6.07, 6.45) is 0.238. The van der Waals surface area contributed by atoms with E-state index in [2.05, 4.69) is 0 Å². The molecule has 1 aromatic rings. The largest absolute Gasteiger partial charge is 0.383 e. The SMILES string of the molecule is COCCN(CCC#N)C(=O)C(C#N)c1ccccc1. The van der Waals surface area contributed by atoms with Crippen molar-refractivity contribution in [2.75, 3.05) is 26.8 Å². The summed E-state index contributed by atoms with van der Waals surface area (Å²) in [5.41, 5.74) is 0.666. The van der Waals surface area contributed by atoms with Crippen LogP contribution in [-0.4, -0.2) is 37.6 Å². The van der Waals surface area contributed by atoms with Crippen LogP contribution in [0.15, 0.2) is 30.3 Å². The third-order valence-electron chi connectivity index (χ3n) is 2.88. The van der Waals surface area contributed by atoms with Crippen molar-refractivity contribution >= 4 is 5.91 Å². The number of hydrogen-bond acceptors (Lipinski definition) is 4. The zero-order valence-electron chi connectivity index (χ0n) is 11.5. The van der Waals surface area contributed by atoms with Crippen LogP contribution in [0.25, 0.3) is 0 Å². The first-order valence-electron chi connectivity index (χ1n) is 6.33. The highest BCUT2D eigenvalue weighted by atomic mass is 16.5. The Balaban J connectivity index is 2.85. The van der Waals surface area contributed by atoms with Crippen LogP contribution in [0.5, 0.6) is 0 Å². The van der Waals surface area contributed by atoms with Gasteiger partial charge in [0, 0.05) is 20.2 Å². The van der Waals surface area contributed by atoms with E-state index >= 15 is 0 Å². The van der Waals surface area contributed by atoms with Crippen LogP contribution in [-0.2, 0) is 9.53 Å². The topological polar surface area (TPSA) is 77.1 Å². The smallest absolute Gasteiger partial charge is 0.244 e. The van der Waals surface area contributed by atoms with Gasteiger partial charge in [0.15, 0.2) is 0 Å². The van der Waals surface area contributed by atoms with E-state index in [1.54, 1.807) is 31.4 Å². The van der Waals surface area contributed by atoms with Gasteiger partial charge in [-0.3, -0.25) is 4.79 Å². The van der Waals surface area contributed by atoms with Gasteiger partial charge in [-0.25, -0.2) is 0 Å². The Morgan fingerprint density at radius 2 is 2.00 bits per heavy atom. The molecular weight excluding hydrogens is 254 g/mol. The summed E-state index contributed by atoms with van der Waals surface area (Å²) in [5.74, 6) is -1.13. The summed E-state index contributed by atoms with van der Waals surface area (Å²) in [4.78, 5) is 13.9. The monoisotopic (exact) mass is 271 g/mol. The van der Waals surface area contributed by atoms with Crippen LogP contribution in [0.2, 0.25) is 0 Å². The molecule has 1 unspecified atom stereocenters. The second-order valence-corrected chi connectivity index (χ2v) is 4.20. The van der Waals surface area contributed by atoms with Crippen LogP contribution in [0.1, 0.15) is 17.9 Å². The van der Waals surface area contributed by atoms with Crippen LogP contribution >= 0.6 is 0 Å². The molecule has 1 aromatic carbocycles. The lowest BCUT2D eigenvalue weighted by atomic mass is 9.99. The van der Waals surface area contributed by atoms with Gasteiger partial charge in [-0.2, -0.15) is 10.5 Å². The molecule has 0 saturated carbocycles. The summed E-state index contributed by atoms with van der Waals surface area (Å²) >= 11 is 0. The van der Waals surface area contributed by atoms with E-state index in [0.717, 1.165) is 0 Å². The molecule has 0 aliphatic rings. The van der Waals surface area contributed by atoms with Crippen LogP contribution in [0.3, 0.4) is 0 Å². The highest BCUT2D eigenvalue weighted by Gasteiger charge is 2.25. The number of nitrogens with zero attached hydrogens (tertiary/aromatic N) is 3. The first kappa shape index (κ1) is 15.7. The Morgan fingerprint density at radius 3 is 2.55 bits per heavy atom. The summed E-state index contributed by atoms with van der Waals surface area (Å²) < 4.78 is 4.96. The summed E-state index contributed by atoms with van der Waals surface area (Å²) in [6.45, 7) is 1.07. The molecule has 1 rings (SSSR count). The molecule has 20 heavy (non-hydrogen) atoms. The molecule has 0 saturated heterocycles. The predicted molar refractivity (Wildman–Crippen MR) is 73.5 cm³/mol. The van der Waals surface area contributed by atoms with Gasteiger partial charge < -0.3 is 9.64 Å². The van der Waals surface area contributed by atoms with Gasteiger partial charge in [-0.05, 0) is 5.56 Å². The molecule has 0 N–H and O–H groups in total. The molecule has 1 atom stereocenters. The van der Waals surface area contributed by atoms with Crippen molar-refractivity contribution in [1.29, 1.82) is 10.5 Å². The fourth-order valence-corrected chi connectivity index (χ4v) is 1.82. The number of benzene rings is 1. The number of nitriles is 2.